The van der Waals surface area contributed by atoms with Crippen LogP contribution in [0.1, 0.15) is 57.7 Å². The van der Waals surface area contributed by atoms with Crippen molar-refractivity contribution >= 4 is 0 Å². The van der Waals surface area contributed by atoms with E-state index in [4.69, 9.17) is 0 Å². The summed E-state index contributed by atoms with van der Waals surface area (Å²) in [6.07, 6.45) is 5.70. The van der Waals surface area contributed by atoms with Crippen LogP contribution in [0, 0.1) is 0 Å². The van der Waals surface area contributed by atoms with Crippen LogP contribution in [0.4, 0.5) is 0 Å². The molecule has 1 saturated carbocycles. The van der Waals surface area contributed by atoms with Gasteiger partial charge in [0, 0.05) is 18.9 Å². The molecule has 0 radical (unpaired) electrons. The molecule has 1 aliphatic rings. The number of aryl methyl sites for hydroxylation is 2. The fourth-order valence-electron chi connectivity index (χ4n) is 2.79. The van der Waals surface area contributed by atoms with Crippen molar-refractivity contribution in [1.82, 2.24) is 20.1 Å². The molecule has 2 atom stereocenters. The van der Waals surface area contributed by atoms with Crippen LogP contribution < -0.4 is 5.32 Å². The van der Waals surface area contributed by atoms with Crippen molar-refractivity contribution in [2.75, 3.05) is 6.54 Å². The van der Waals surface area contributed by atoms with E-state index in [9.17, 15) is 0 Å². The minimum atomic E-state index is 0.512. The quantitative estimate of drug-likeness (QED) is 0.851. The summed E-state index contributed by atoms with van der Waals surface area (Å²) in [4.78, 5) is 4.61. The van der Waals surface area contributed by atoms with Gasteiger partial charge in [-0.2, -0.15) is 5.10 Å². The van der Waals surface area contributed by atoms with Crippen molar-refractivity contribution in [3.8, 4) is 0 Å². The first-order valence-corrected chi connectivity index (χ1v) is 6.97. The van der Waals surface area contributed by atoms with E-state index in [1.807, 2.05) is 0 Å². The van der Waals surface area contributed by atoms with Gasteiger partial charge >= 0.3 is 0 Å². The Bertz CT molecular complexity index is 358. The minimum Gasteiger partial charge on any atom is -0.312 e. The lowest BCUT2D eigenvalue weighted by Gasteiger charge is -2.21. The Hall–Kier alpha value is -0.900. The molecular formula is C13H24N4. The van der Waals surface area contributed by atoms with Crippen molar-refractivity contribution in [1.29, 1.82) is 0 Å². The molecule has 96 valence electrons. The molecule has 1 aromatic heterocycles. The van der Waals surface area contributed by atoms with E-state index in [0.29, 0.717) is 12.1 Å². The van der Waals surface area contributed by atoms with Crippen LogP contribution >= 0.6 is 0 Å². The molecule has 17 heavy (non-hydrogen) atoms. The lowest BCUT2D eigenvalue weighted by atomic mass is 10.1. The Labute approximate surface area is 104 Å². The predicted molar refractivity (Wildman–Crippen MR) is 69.1 cm³/mol. The lowest BCUT2D eigenvalue weighted by Crippen LogP contribution is -2.34. The van der Waals surface area contributed by atoms with Crippen LogP contribution in [-0.4, -0.2) is 27.4 Å². The monoisotopic (exact) mass is 236 g/mol. The number of rotatable bonds is 5. The maximum absolute atomic E-state index is 4.68. The van der Waals surface area contributed by atoms with Crippen LogP contribution in [0.2, 0.25) is 0 Å². The van der Waals surface area contributed by atoms with Gasteiger partial charge in [-0.1, -0.05) is 20.8 Å². The van der Waals surface area contributed by atoms with Crippen molar-refractivity contribution in [3.63, 3.8) is 0 Å². The summed E-state index contributed by atoms with van der Waals surface area (Å²) in [5, 5.41) is 8.26. The second-order valence-electron chi connectivity index (χ2n) is 4.76. The highest BCUT2D eigenvalue weighted by Gasteiger charge is 2.30. The Morgan fingerprint density at radius 2 is 2.06 bits per heavy atom. The summed E-state index contributed by atoms with van der Waals surface area (Å²) >= 11 is 0. The van der Waals surface area contributed by atoms with Crippen molar-refractivity contribution < 1.29 is 0 Å². The Kier molecular flexibility index (Phi) is 4.15. The maximum Gasteiger partial charge on any atom is 0.150 e. The molecule has 4 heteroatoms. The number of likely N-dealkylation sites (N-methyl/N-ethyl adjacent to an activating group) is 1. The van der Waals surface area contributed by atoms with Gasteiger partial charge in [0.2, 0.25) is 0 Å². The van der Waals surface area contributed by atoms with Crippen LogP contribution in [0.25, 0.3) is 0 Å². The maximum atomic E-state index is 4.68. The molecule has 1 aliphatic carbocycles. The van der Waals surface area contributed by atoms with Crippen LogP contribution in [0.5, 0.6) is 0 Å². The number of nitrogens with zero attached hydrogens (tertiary/aromatic N) is 3. The van der Waals surface area contributed by atoms with Gasteiger partial charge in [0.15, 0.2) is 5.82 Å². The zero-order chi connectivity index (χ0) is 12.3. The van der Waals surface area contributed by atoms with E-state index in [1.165, 1.54) is 19.3 Å². The third-order valence-electron chi connectivity index (χ3n) is 3.64. The van der Waals surface area contributed by atoms with Gasteiger partial charge < -0.3 is 5.32 Å². The van der Waals surface area contributed by atoms with E-state index in [0.717, 1.165) is 31.0 Å². The third-order valence-corrected chi connectivity index (χ3v) is 3.64. The van der Waals surface area contributed by atoms with Crippen LogP contribution in [-0.2, 0) is 12.8 Å². The standard InChI is InChI=1S/C13H24N4/c1-4-12-15-13(5-2)17(16-12)11-9-7-8-10(11)14-6-3/h10-11,14H,4-9H2,1-3H3. The Morgan fingerprint density at radius 3 is 2.71 bits per heavy atom. The van der Waals surface area contributed by atoms with Crippen molar-refractivity contribution in [2.45, 2.75) is 65.0 Å². The summed E-state index contributed by atoms with van der Waals surface area (Å²) in [5.41, 5.74) is 0. The van der Waals surface area contributed by atoms with Gasteiger partial charge in [0.1, 0.15) is 5.82 Å². The molecule has 0 aromatic carbocycles. The smallest absolute Gasteiger partial charge is 0.150 e. The summed E-state index contributed by atoms with van der Waals surface area (Å²) in [6, 6.07) is 1.09. The number of nitrogens with one attached hydrogen (secondary N) is 1. The van der Waals surface area contributed by atoms with E-state index >= 15 is 0 Å². The molecule has 2 unspecified atom stereocenters. The molecular weight excluding hydrogens is 212 g/mol. The molecule has 0 saturated heterocycles. The van der Waals surface area contributed by atoms with Gasteiger partial charge in [-0.3, -0.25) is 0 Å². The summed E-state index contributed by atoms with van der Waals surface area (Å²) in [7, 11) is 0. The molecule has 0 amide bonds. The van der Waals surface area contributed by atoms with Gasteiger partial charge in [0.25, 0.3) is 0 Å². The van der Waals surface area contributed by atoms with E-state index < -0.39 is 0 Å². The average molecular weight is 236 g/mol. The number of hydrogen-bond donors (Lipinski definition) is 1. The zero-order valence-corrected chi connectivity index (χ0v) is 11.2. The van der Waals surface area contributed by atoms with Gasteiger partial charge in [-0.05, 0) is 25.8 Å². The fraction of sp³-hybridized carbons (Fsp3) is 0.846. The van der Waals surface area contributed by atoms with Gasteiger partial charge in [0.05, 0.1) is 6.04 Å². The SMILES string of the molecule is CCNC1CCCC1n1nc(CC)nc1CC. The first-order chi connectivity index (χ1) is 8.30. The van der Waals surface area contributed by atoms with E-state index in [2.05, 4.69) is 40.9 Å². The highest BCUT2D eigenvalue weighted by Crippen LogP contribution is 2.30. The Morgan fingerprint density at radius 1 is 1.24 bits per heavy atom. The normalized spacial score (nSPS) is 24.4. The summed E-state index contributed by atoms with van der Waals surface area (Å²) < 4.78 is 2.19. The fourth-order valence-corrected chi connectivity index (χ4v) is 2.79. The van der Waals surface area contributed by atoms with Crippen LogP contribution in [0.15, 0.2) is 0 Å². The molecule has 4 nitrogen and oxygen atoms in total. The van der Waals surface area contributed by atoms with E-state index in [-0.39, 0.29) is 0 Å². The largest absolute Gasteiger partial charge is 0.312 e. The molecule has 1 heterocycles. The Balaban J connectivity index is 2.22. The molecule has 1 N–H and O–H groups in total. The van der Waals surface area contributed by atoms with Crippen molar-refractivity contribution in [2.24, 2.45) is 0 Å². The molecule has 1 fully saturated rings. The predicted octanol–water partition coefficient (Wildman–Crippen LogP) is 2.11. The first kappa shape index (κ1) is 12.6. The summed E-state index contributed by atoms with van der Waals surface area (Å²) in [6.45, 7) is 7.50. The van der Waals surface area contributed by atoms with Gasteiger partial charge in [-0.25, -0.2) is 9.67 Å². The molecule has 0 bridgehead atoms. The lowest BCUT2D eigenvalue weighted by molar-refractivity contribution is 0.360. The molecule has 2 rings (SSSR count). The summed E-state index contributed by atoms with van der Waals surface area (Å²) in [5.74, 6) is 2.14. The van der Waals surface area contributed by atoms with E-state index in [1.54, 1.807) is 0 Å². The molecule has 1 aromatic rings. The minimum absolute atomic E-state index is 0.512. The first-order valence-electron chi connectivity index (χ1n) is 6.97. The second kappa shape index (κ2) is 5.63. The number of aromatic nitrogens is 3. The highest BCUT2D eigenvalue weighted by molar-refractivity contribution is 4.98. The zero-order valence-electron chi connectivity index (χ0n) is 11.2. The average Bonchev–Trinajstić information content (AvgIpc) is 2.94. The molecule has 0 aliphatic heterocycles. The van der Waals surface area contributed by atoms with Crippen molar-refractivity contribution in [3.05, 3.63) is 11.6 Å². The second-order valence-corrected chi connectivity index (χ2v) is 4.76. The topological polar surface area (TPSA) is 42.7 Å². The molecule has 0 spiro atoms. The van der Waals surface area contributed by atoms with Crippen LogP contribution in [0.3, 0.4) is 0 Å². The third kappa shape index (κ3) is 2.51. The number of hydrogen-bond acceptors (Lipinski definition) is 3. The highest BCUT2D eigenvalue weighted by atomic mass is 15.4. The van der Waals surface area contributed by atoms with Gasteiger partial charge in [-0.15, -0.1) is 0 Å².